The van der Waals surface area contributed by atoms with Crippen molar-refractivity contribution < 1.29 is 28.2 Å². The first-order valence-corrected chi connectivity index (χ1v) is 9.24. The number of ether oxygens (including phenoxy) is 1. The number of anilines is 1. The maximum Gasteiger partial charge on any atom is 0.260 e. The summed E-state index contributed by atoms with van der Waals surface area (Å²) >= 11 is 0. The van der Waals surface area contributed by atoms with Gasteiger partial charge in [-0.15, -0.1) is 0 Å². The van der Waals surface area contributed by atoms with E-state index in [4.69, 9.17) is 9.84 Å². The molecule has 1 aliphatic heterocycles. The topological polar surface area (TPSA) is 70.1 Å². The molecule has 1 atom stereocenters. The standard InChI is InChI=1S/C21H22F2N2O4/c1-14(27)25(20-10-16(22)4-7-19(20)23)17-8-9-24(11-17)21(28)13-29-18-5-2-15(12-26)3-6-18/h2-7,10,17,26H,8-9,11-13H2,1H3. The number of hydrogen-bond acceptors (Lipinski definition) is 4. The third-order valence-electron chi connectivity index (χ3n) is 4.86. The molecular weight excluding hydrogens is 382 g/mol. The van der Waals surface area contributed by atoms with Crippen molar-refractivity contribution in [3.63, 3.8) is 0 Å². The molecule has 2 aromatic carbocycles. The maximum atomic E-state index is 14.2. The van der Waals surface area contributed by atoms with Gasteiger partial charge in [-0.25, -0.2) is 8.78 Å². The summed E-state index contributed by atoms with van der Waals surface area (Å²) in [5, 5.41) is 9.04. The van der Waals surface area contributed by atoms with Crippen LogP contribution in [0, 0.1) is 11.6 Å². The number of hydrogen-bond donors (Lipinski definition) is 1. The van der Waals surface area contributed by atoms with Crippen molar-refractivity contribution in [1.82, 2.24) is 4.90 Å². The lowest BCUT2D eigenvalue weighted by molar-refractivity contribution is -0.132. The zero-order chi connectivity index (χ0) is 21.0. The fraction of sp³-hybridized carbons (Fsp3) is 0.333. The van der Waals surface area contributed by atoms with Gasteiger partial charge in [0.25, 0.3) is 5.91 Å². The van der Waals surface area contributed by atoms with Gasteiger partial charge in [0.05, 0.1) is 18.3 Å². The minimum absolute atomic E-state index is 0.0765. The molecule has 29 heavy (non-hydrogen) atoms. The summed E-state index contributed by atoms with van der Waals surface area (Å²) in [6.07, 6.45) is 0.451. The first-order valence-electron chi connectivity index (χ1n) is 9.24. The zero-order valence-electron chi connectivity index (χ0n) is 16.0. The zero-order valence-corrected chi connectivity index (χ0v) is 16.0. The molecule has 0 radical (unpaired) electrons. The lowest BCUT2D eigenvalue weighted by atomic mass is 10.1. The SMILES string of the molecule is CC(=O)N(c1cc(F)ccc1F)C1CCN(C(=O)COc2ccc(CO)cc2)C1. The molecule has 0 spiro atoms. The van der Waals surface area contributed by atoms with Crippen LogP contribution in [-0.4, -0.2) is 47.6 Å². The van der Waals surface area contributed by atoms with E-state index in [2.05, 4.69) is 0 Å². The Morgan fingerprint density at radius 2 is 1.93 bits per heavy atom. The highest BCUT2D eigenvalue weighted by atomic mass is 19.1. The van der Waals surface area contributed by atoms with Crippen LogP contribution < -0.4 is 9.64 Å². The summed E-state index contributed by atoms with van der Waals surface area (Å²) in [4.78, 5) is 27.3. The van der Waals surface area contributed by atoms with E-state index in [1.54, 1.807) is 29.2 Å². The van der Waals surface area contributed by atoms with Crippen molar-refractivity contribution >= 4 is 17.5 Å². The van der Waals surface area contributed by atoms with Crippen LogP contribution in [-0.2, 0) is 16.2 Å². The minimum atomic E-state index is -0.693. The van der Waals surface area contributed by atoms with E-state index >= 15 is 0 Å². The van der Waals surface area contributed by atoms with Gasteiger partial charge in [0.15, 0.2) is 6.61 Å². The Hall–Kier alpha value is -3.00. The molecule has 0 bridgehead atoms. The number of likely N-dealkylation sites (tertiary alicyclic amines) is 1. The molecule has 1 aliphatic rings. The second kappa shape index (κ2) is 9.00. The van der Waals surface area contributed by atoms with Gasteiger partial charge < -0.3 is 19.6 Å². The number of carbonyl (C=O) groups excluding carboxylic acids is 2. The van der Waals surface area contributed by atoms with E-state index in [1.807, 2.05) is 0 Å². The summed E-state index contributed by atoms with van der Waals surface area (Å²) in [6.45, 7) is 1.62. The van der Waals surface area contributed by atoms with Gasteiger partial charge in [0, 0.05) is 26.1 Å². The number of aliphatic hydroxyl groups excluding tert-OH is 1. The Balaban J connectivity index is 1.63. The van der Waals surface area contributed by atoms with Gasteiger partial charge in [0.1, 0.15) is 17.4 Å². The molecule has 0 aromatic heterocycles. The summed E-state index contributed by atoms with van der Waals surface area (Å²) < 4.78 is 33.2. The summed E-state index contributed by atoms with van der Waals surface area (Å²) in [5.41, 5.74) is 0.608. The predicted octanol–water partition coefficient (Wildman–Crippen LogP) is 2.49. The lowest BCUT2D eigenvalue weighted by Gasteiger charge is -2.28. The van der Waals surface area contributed by atoms with E-state index in [9.17, 15) is 18.4 Å². The van der Waals surface area contributed by atoms with Gasteiger partial charge in [-0.05, 0) is 36.2 Å². The Bertz CT molecular complexity index is 889. The first-order chi connectivity index (χ1) is 13.9. The number of amides is 2. The van der Waals surface area contributed by atoms with Crippen LogP contribution in [0.1, 0.15) is 18.9 Å². The molecule has 0 saturated carbocycles. The Labute approximate surface area is 167 Å². The van der Waals surface area contributed by atoms with Gasteiger partial charge in [0.2, 0.25) is 5.91 Å². The second-order valence-electron chi connectivity index (χ2n) is 6.86. The third kappa shape index (κ3) is 4.89. The number of carbonyl (C=O) groups is 2. The summed E-state index contributed by atoms with van der Waals surface area (Å²) in [5.74, 6) is -1.52. The molecule has 154 valence electrons. The van der Waals surface area contributed by atoms with Crippen molar-refractivity contribution in [2.75, 3.05) is 24.6 Å². The number of aliphatic hydroxyl groups is 1. The summed E-state index contributed by atoms with van der Waals surface area (Å²) in [7, 11) is 0. The molecule has 3 rings (SSSR count). The maximum absolute atomic E-state index is 14.2. The molecule has 1 fully saturated rings. The monoisotopic (exact) mass is 404 g/mol. The molecular formula is C21H22F2N2O4. The van der Waals surface area contributed by atoms with Crippen LogP contribution in [0.3, 0.4) is 0 Å². The van der Waals surface area contributed by atoms with Crippen molar-refractivity contribution in [3.05, 3.63) is 59.7 Å². The van der Waals surface area contributed by atoms with E-state index in [0.29, 0.717) is 18.7 Å². The van der Waals surface area contributed by atoms with Gasteiger partial charge in [-0.2, -0.15) is 0 Å². The molecule has 1 heterocycles. The largest absolute Gasteiger partial charge is 0.484 e. The minimum Gasteiger partial charge on any atom is -0.484 e. The van der Waals surface area contributed by atoms with Crippen LogP contribution in [0.5, 0.6) is 5.75 Å². The number of benzene rings is 2. The fourth-order valence-corrected chi connectivity index (χ4v) is 3.40. The van der Waals surface area contributed by atoms with Gasteiger partial charge in [-0.1, -0.05) is 12.1 Å². The molecule has 1 N–H and O–H groups in total. The van der Waals surface area contributed by atoms with Crippen LogP contribution in [0.2, 0.25) is 0 Å². The van der Waals surface area contributed by atoms with Crippen LogP contribution in [0.15, 0.2) is 42.5 Å². The molecule has 6 nitrogen and oxygen atoms in total. The van der Waals surface area contributed by atoms with Crippen LogP contribution in [0.4, 0.5) is 14.5 Å². The molecule has 8 heteroatoms. The lowest BCUT2D eigenvalue weighted by Crippen LogP contribution is -2.43. The van der Waals surface area contributed by atoms with Crippen molar-refractivity contribution in [3.8, 4) is 5.75 Å². The van der Waals surface area contributed by atoms with Crippen molar-refractivity contribution in [1.29, 1.82) is 0 Å². The van der Waals surface area contributed by atoms with Gasteiger partial charge >= 0.3 is 0 Å². The quantitative estimate of drug-likeness (QED) is 0.803. The molecule has 0 aliphatic carbocycles. The molecule has 1 saturated heterocycles. The third-order valence-corrected chi connectivity index (χ3v) is 4.86. The number of rotatable bonds is 6. The molecule has 1 unspecified atom stereocenters. The first kappa shape index (κ1) is 20.7. The average Bonchev–Trinajstić information content (AvgIpc) is 3.18. The van der Waals surface area contributed by atoms with E-state index in [1.165, 1.54) is 11.8 Å². The summed E-state index contributed by atoms with van der Waals surface area (Å²) in [6, 6.07) is 9.23. The Morgan fingerprint density at radius 3 is 2.59 bits per heavy atom. The fourth-order valence-electron chi connectivity index (χ4n) is 3.40. The van der Waals surface area contributed by atoms with Gasteiger partial charge in [-0.3, -0.25) is 9.59 Å². The smallest absolute Gasteiger partial charge is 0.260 e. The van der Waals surface area contributed by atoms with Crippen LogP contribution in [0.25, 0.3) is 0 Å². The number of nitrogens with zero attached hydrogens (tertiary/aromatic N) is 2. The molecule has 2 aromatic rings. The predicted molar refractivity (Wildman–Crippen MR) is 102 cm³/mol. The molecule has 2 amide bonds. The highest BCUT2D eigenvalue weighted by Gasteiger charge is 2.34. The normalized spacial score (nSPS) is 16.0. The highest BCUT2D eigenvalue weighted by molar-refractivity contribution is 5.92. The van der Waals surface area contributed by atoms with E-state index in [-0.39, 0.29) is 31.4 Å². The Kier molecular flexibility index (Phi) is 6.43. The highest BCUT2D eigenvalue weighted by Crippen LogP contribution is 2.27. The number of halogens is 2. The van der Waals surface area contributed by atoms with Crippen molar-refractivity contribution in [2.24, 2.45) is 0 Å². The Morgan fingerprint density at radius 1 is 1.21 bits per heavy atom. The second-order valence-corrected chi connectivity index (χ2v) is 6.86. The average molecular weight is 404 g/mol. The van der Waals surface area contributed by atoms with Crippen molar-refractivity contribution in [2.45, 2.75) is 26.0 Å². The van der Waals surface area contributed by atoms with E-state index < -0.39 is 23.6 Å². The van der Waals surface area contributed by atoms with E-state index in [0.717, 1.165) is 23.8 Å². The van der Waals surface area contributed by atoms with Crippen LogP contribution >= 0.6 is 0 Å².